The number of H-pyrrole nitrogens is 1. The van der Waals surface area contributed by atoms with Gasteiger partial charge in [-0.15, -0.1) is 5.10 Å². The Balaban J connectivity index is 1.27. The number of rotatable bonds is 5. The first kappa shape index (κ1) is 25.0. The maximum atomic E-state index is 13.2. The van der Waals surface area contributed by atoms with Crippen molar-refractivity contribution in [3.05, 3.63) is 78.3 Å². The number of carbonyl (C=O) groups excluding carboxylic acids is 2. The Hall–Kier alpha value is -4.97. The van der Waals surface area contributed by atoms with E-state index in [-0.39, 0.29) is 35.3 Å². The predicted octanol–water partition coefficient (Wildman–Crippen LogP) is 2.88. The Kier molecular flexibility index (Phi) is 5.86. The number of amides is 1. The molecule has 6 heterocycles. The third-order valence-corrected chi connectivity index (χ3v) is 8.23. The van der Waals surface area contributed by atoms with Crippen molar-refractivity contribution in [2.24, 2.45) is 0 Å². The Labute approximate surface area is 234 Å². The summed E-state index contributed by atoms with van der Waals surface area (Å²) < 4.78 is 1.49. The second-order valence-electron chi connectivity index (χ2n) is 10.6. The van der Waals surface area contributed by atoms with Crippen molar-refractivity contribution in [1.29, 1.82) is 0 Å². The molecule has 2 saturated heterocycles. The molecular formula is C29H27N9O3. The zero-order chi connectivity index (χ0) is 28.2. The van der Waals surface area contributed by atoms with Crippen LogP contribution in [0.4, 0.5) is 5.82 Å². The number of carbonyl (C=O) groups is 2. The highest BCUT2D eigenvalue weighted by Gasteiger charge is 2.50. The van der Waals surface area contributed by atoms with Crippen LogP contribution in [0.5, 0.6) is 0 Å². The van der Waals surface area contributed by atoms with Crippen LogP contribution in [0.1, 0.15) is 58.8 Å². The van der Waals surface area contributed by atoms with Gasteiger partial charge in [-0.3, -0.25) is 19.7 Å². The summed E-state index contributed by atoms with van der Waals surface area (Å²) in [5.41, 5.74) is 11.4. The van der Waals surface area contributed by atoms with E-state index in [1.165, 1.54) is 17.8 Å². The SMILES string of the molecule is CC(=O)c1c(C2CC3CC(O)C(C2)N3C(=O)c2nc[nH]n2)nc2c(-c3ccc(-c4ccccc4)nc3)cnn2c1N. The fourth-order valence-electron chi connectivity index (χ4n) is 6.39. The van der Waals surface area contributed by atoms with Gasteiger partial charge in [0.05, 0.1) is 35.3 Å². The molecule has 12 heteroatoms. The Morgan fingerprint density at radius 1 is 1.02 bits per heavy atom. The van der Waals surface area contributed by atoms with Gasteiger partial charge in [0, 0.05) is 34.8 Å². The van der Waals surface area contributed by atoms with Crippen LogP contribution in [0.25, 0.3) is 28.0 Å². The van der Waals surface area contributed by atoms with Crippen LogP contribution in [0.3, 0.4) is 0 Å². The number of nitrogen functional groups attached to an aromatic ring is 1. The molecule has 0 saturated carbocycles. The van der Waals surface area contributed by atoms with Gasteiger partial charge in [0.25, 0.3) is 5.91 Å². The molecule has 0 aliphatic carbocycles. The van der Waals surface area contributed by atoms with Gasteiger partial charge in [0.15, 0.2) is 11.4 Å². The standard InChI is InChI=1S/C29H27N9O3/c1-15(39)24-25(18-9-19-11-23(40)22(10-18)37(19)29(41)27-32-14-33-36-27)35-28-20(13-34-38(28)26(24)30)17-7-8-21(31-12-17)16-5-3-2-4-6-16/h2-8,12-14,18-19,22-23,40H,9-11,30H2,1H3,(H,32,33,36). The van der Waals surface area contributed by atoms with Crippen LogP contribution in [-0.2, 0) is 0 Å². The number of nitrogens with one attached hydrogen (secondary N) is 1. The Bertz CT molecular complexity index is 1770. The van der Waals surface area contributed by atoms with Gasteiger partial charge in [-0.2, -0.15) is 9.61 Å². The summed E-state index contributed by atoms with van der Waals surface area (Å²) in [6, 6.07) is 13.1. The lowest BCUT2D eigenvalue weighted by molar-refractivity contribution is 0.0444. The number of piperidine rings is 1. The molecule has 0 spiro atoms. The Morgan fingerprint density at radius 2 is 1.85 bits per heavy atom. The fraction of sp³-hybridized carbons (Fsp3) is 0.276. The summed E-state index contributed by atoms with van der Waals surface area (Å²) in [5, 5.41) is 21.8. The molecule has 0 radical (unpaired) electrons. The van der Waals surface area contributed by atoms with Crippen molar-refractivity contribution in [2.45, 2.75) is 50.3 Å². The first-order chi connectivity index (χ1) is 19.9. The van der Waals surface area contributed by atoms with Gasteiger partial charge in [-0.25, -0.2) is 9.97 Å². The number of Topliss-reactive ketones (excluding diaryl/α,β-unsaturated/α-hetero) is 1. The summed E-state index contributed by atoms with van der Waals surface area (Å²) in [4.78, 5) is 41.4. The molecule has 1 amide bonds. The third-order valence-electron chi connectivity index (χ3n) is 8.23. The van der Waals surface area contributed by atoms with Crippen LogP contribution in [0.2, 0.25) is 0 Å². The number of nitrogens with two attached hydrogens (primary N) is 1. The molecule has 4 N–H and O–H groups in total. The zero-order valence-corrected chi connectivity index (χ0v) is 22.2. The number of benzene rings is 1. The number of anilines is 1. The Morgan fingerprint density at radius 3 is 2.54 bits per heavy atom. The van der Waals surface area contributed by atoms with Crippen molar-refractivity contribution in [3.8, 4) is 22.4 Å². The number of pyridine rings is 1. The number of aromatic nitrogens is 7. The second-order valence-corrected chi connectivity index (χ2v) is 10.6. The molecular weight excluding hydrogens is 522 g/mol. The van der Waals surface area contributed by atoms with Crippen LogP contribution >= 0.6 is 0 Å². The van der Waals surface area contributed by atoms with E-state index in [0.717, 1.165) is 22.4 Å². The van der Waals surface area contributed by atoms with Crippen molar-refractivity contribution in [2.75, 3.05) is 5.73 Å². The van der Waals surface area contributed by atoms with E-state index in [4.69, 9.17) is 10.7 Å². The molecule has 7 rings (SSSR count). The summed E-state index contributed by atoms with van der Waals surface area (Å²) in [6.45, 7) is 1.46. The molecule has 41 heavy (non-hydrogen) atoms. The molecule has 4 aromatic heterocycles. The molecule has 4 unspecified atom stereocenters. The normalized spacial score (nSPS) is 21.9. The van der Waals surface area contributed by atoms with Crippen molar-refractivity contribution >= 4 is 23.2 Å². The first-order valence-corrected chi connectivity index (χ1v) is 13.5. The highest BCUT2D eigenvalue weighted by atomic mass is 16.3. The van der Waals surface area contributed by atoms with Crippen molar-refractivity contribution < 1.29 is 14.7 Å². The van der Waals surface area contributed by atoms with Gasteiger partial charge in [0.2, 0.25) is 5.82 Å². The van der Waals surface area contributed by atoms with Gasteiger partial charge in [-0.1, -0.05) is 36.4 Å². The smallest absolute Gasteiger partial charge is 0.294 e. The molecule has 12 nitrogen and oxygen atoms in total. The van der Waals surface area contributed by atoms with E-state index < -0.39 is 12.1 Å². The van der Waals surface area contributed by atoms with Gasteiger partial charge in [0.1, 0.15) is 12.1 Å². The van der Waals surface area contributed by atoms with Gasteiger partial charge in [-0.05, 0) is 32.3 Å². The first-order valence-electron chi connectivity index (χ1n) is 13.5. The lowest BCUT2D eigenvalue weighted by Gasteiger charge is -2.38. The number of nitrogens with zero attached hydrogens (tertiary/aromatic N) is 7. The fourth-order valence-corrected chi connectivity index (χ4v) is 6.39. The molecule has 2 aliphatic rings. The van der Waals surface area contributed by atoms with Crippen LogP contribution in [0, 0.1) is 0 Å². The molecule has 2 bridgehead atoms. The van der Waals surface area contributed by atoms with E-state index >= 15 is 0 Å². The molecule has 2 fully saturated rings. The number of hydrogen-bond acceptors (Lipinski definition) is 9. The maximum absolute atomic E-state index is 13.2. The molecule has 206 valence electrons. The number of hydrogen-bond donors (Lipinski definition) is 3. The number of aliphatic hydroxyl groups is 1. The lowest BCUT2D eigenvalue weighted by Crippen LogP contribution is -2.48. The summed E-state index contributed by atoms with van der Waals surface area (Å²) in [5.74, 6) is -0.465. The van der Waals surface area contributed by atoms with E-state index in [2.05, 4.69) is 25.3 Å². The predicted molar refractivity (Wildman–Crippen MR) is 149 cm³/mol. The highest BCUT2D eigenvalue weighted by molar-refractivity contribution is 6.00. The second kappa shape index (κ2) is 9.59. The number of ketones is 1. The van der Waals surface area contributed by atoms with Gasteiger partial charge >= 0.3 is 0 Å². The third kappa shape index (κ3) is 4.06. The van der Waals surface area contributed by atoms with Crippen molar-refractivity contribution in [1.82, 2.24) is 39.7 Å². The topological polar surface area (TPSA) is 168 Å². The average molecular weight is 550 g/mol. The van der Waals surface area contributed by atoms with E-state index in [1.54, 1.807) is 17.3 Å². The number of aromatic amines is 1. The summed E-state index contributed by atoms with van der Waals surface area (Å²) >= 11 is 0. The minimum Gasteiger partial charge on any atom is -0.391 e. The quantitative estimate of drug-likeness (QED) is 0.279. The minimum absolute atomic E-state index is 0.0663. The monoisotopic (exact) mass is 549 g/mol. The van der Waals surface area contributed by atoms with Crippen LogP contribution in [-0.4, -0.2) is 74.6 Å². The molecule has 4 atom stereocenters. The molecule has 1 aromatic carbocycles. The van der Waals surface area contributed by atoms with Crippen LogP contribution < -0.4 is 5.73 Å². The van der Waals surface area contributed by atoms with Crippen LogP contribution in [0.15, 0.2) is 61.2 Å². The summed E-state index contributed by atoms with van der Waals surface area (Å²) in [6.07, 6.45) is 5.48. The van der Waals surface area contributed by atoms with E-state index in [9.17, 15) is 14.7 Å². The summed E-state index contributed by atoms with van der Waals surface area (Å²) in [7, 11) is 0. The largest absolute Gasteiger partial charge is 0.391 e. The molecule has 5 aromatic rings. The maximum Gasteiger partial charge on any atom is 0.294 e. The number of aliphatic hydroxyl groups excluding tert-OH is 1. The zero-order valence-electron chi connectivity index (χ0n) is 22.2. The lowest BCUT2D eigenvalue weighted by atomic mass is 9.85. The number of fused-ring (bicyclic) bond motifs is 3. The van der Waals surface area contributed by atoms with E-state index in [0.29, 0.717) is 36.2 Å². The highest BCUT2D eigenvalue weighted by Crippen LogP contribution is 2.45. The minimum atomic E-state index is -0.700. The average Bonchev–Trinajstić information content (AvgIpc) is 3.71. The van der Waals surface area contributed by atoms with Crippen molar-refractivity contribution in [3.63, 3.8) is 0 Å². The van der Waals surface area contributed by atoms with Gasteiger partial charge < -0.3 is 15.7 Å². The van der Waals surface area contributed by atoms with E-state index in [1.807, 2.05) is 42.5 Å². The molecule has 2 aliphatic heterocycles.